The number of carbonyl (C=O) groups excluding carboxylic acids is 1. The van der Waals surface area contributed by atoms with Gasteiger partial charge in [0, 0.05) is 12.5 Å². The number of hydrogen-bond donors (Lipinski definition) is 2. The molecule has 76 valence electrons. The molecule has 0 unspecified atom stereocenters. The first-order valence-electron chi connectivity index (χ1n) is 4.32. The van der Waals surface area contributed by atoms with Crippen LogP contribution >= 0.6 is 0 Å². The molecule has 0 aliphatic heterocycles. The van der Waals surface area contributed by atoms with E-state index in [1.807, 2.05) is 6.92 Å². The van der Waals surface area contributed by atoms with E-state index < -0.39 is 11.9 Å². The number of hydrogen-bond acceptors (Lipinski definition) is 4. The highest BCUT2D eigenvalue weighted by atomic mass is 16.8. The van der Waals surface area contributed by atoms with E-state index in [1.54, 1.807) is 0 Å². The molecule has 0 bridgehead atoms. The van der Waals surface area contributed by atoms with Gasteiger partial charge in [0.15, 0.2) is 0 Å². The Morgan fingerprint density at radius 3 is 2.62 bits per heavy atom. The maximum absolute atomic E-state index is 10.6. The Morgan fingerprint density at radius 2 is 2.15 bits per heavy atom. The Hall–Kier alpha value is -0.870. The van der Waals surface area contributed by atoms with E-state index >= 15 is 0 Å². The van der Waals surface area contributed by atoms with Crippen LogP contribution in [0.2, 0.25) is 0 Å². The molecular formula is C9H16O4. The van der Waals surface area contributed by atoms with Crippen LogP contribution < -0.4 is 0 Å². The van der Waals surface area contributed by atoms with Crippen molar-refractivity contribution in [3.8, 4) is 0 Å². The third-order valence-corrected chi connectivity index (χ3v) is 1.54. The van der Waals surface area contributed by atoms with Crippen LogP contribution in [0.5, 0.6) is 0 Å². The van der Waals surface area contributed by atoms with E-state index in [4.69, 9.17) is 10.2 Å². The van der Waals surface area contributed by atoms with Gasteiger partial charge in [-0.3, -0.25) is 0 Å². The van der Waals surface area contributed by atoms with Gasteiger partial charge >= 0.3 is 11.9 Å². The second-order valence-corrected chi connectivity index (χ2v) is 2.83. The molecule has 0 saturated carbocycles. The molecule has 0 aliphatic rings. The highest BCUT2D eigenvalue weighted by Crippen LogP contribution is 2.13. The Bertz CT molecular complexity index is 174. The van der Waals surface area contributed by atoms with Gasteiger partial charge in [0.05, 0.1) is 0 Å². The highest BCUT2D eigenvalue weighted by molar-refractivity contribution is 5.81. The van der Waals surface area contributed by atoms with E-state index in [1.165, 1.54) is 0 Å². The lowest BCUT2D eigenvalue weighted by atomic mass is 10.2. The summed E-state index contributed by atoms with van der Waals surface area (Å²) in [5, 5.41) is 18.2. The van der Waals surface area contributed by atoms with E-state index in [2.05, 4.69) is 11.3 Å². The monoisotopic (exact) mass is 188 g/mol. The zero-order chi connectivity index (χ0) is 10.3. The first-order chi connectivity index (χ1) is 6.02. The number of ether oxygens (including phenoxy) is 1. The minimum Gasteiger partial charge on any atom is -0.405 e. The number of unbranched alkanes of at least 4 members (excludes halogenated alkanes) is 2. The lowest BCUT2D eigenvalue weighted by molar-refractivity contribution is -0.320. The molecule has 0 aliphatic carbocycles. The molecule has 13 heavy (non-hydrogen) atoms. The summed E-state index contributed by atoms with van der Waals surface area (Å²) in [6.07, 6.45) is 3.36. The first kappa shape index (κ1) is 12.1. The summed E-state index contributed by atoms with van der Waals surface area (Å²) in [6.45, 7) is 5.14. The minimum atomic E-state index is -2.35. The third-order valence-electron chi connectivity index (χ3n) is 1.54. The molecule has 0 amide bonds. The fraction of sp³-hybridized carbons (Fsp3) is 0.667. The summed E-state index contributed by atoms with van der Waals surface area (Å²) in [5.41, 5.74) is 0. The summed E-state index contributed by atoms with van der Waals surface area (Å²) in [5.74, 6) is -3.18. The molecule has 0 aromatic rings. The number of aliphatic hydroxyl groups is 2. The molecule has 0 rings (SSSR count). The van der Waals surface area contributed by atoms with Crippen molar-refractivity contribution in [2.45, 2.75) is 38.6 Å². The standard InChI is InChI=1S/C9H16O4/c1-3-5-6-7-9(11,12)13-8(10)4-2/h4,11-12H,2-3,5-7H2,1H3. The van der Waals surface area contributed by atoms with Gasteiger partial charge in [-0.2, -0.15) is 0 Å². The predicted molar refractivity (Wildman–Crippen MR) is 47.6 cm³/mol. The van der Waals surface area contributed by atoms with E-state index in [-0.39, 0.29) is 6.42 Å². The molecule has 4 nitrogen and oxygen atoms in total. The van der Waals surface area contributed by atoms with Gasteiger partial charge in [-0.15, -0.1) is 0 Å². The molecule has 2 N–H and O–H groups in total. The number of carbonyl (C=O) groups is 1. The zero-order valence-corrected chi connectivity index (χ0v) is 7.82. The van der Waals surface area contributed by atoms with E-state index in [0.29, 0.717) is 6.42 Å². The van der Waals surface area contributed by atoms with Gasteiger partial charge in [-0.1, -0.05) is 26.3 Å². The average Bonchev–Trinajstić information content (AvgIpc) is 2.03. The maximum Gasteiger partial charge on any atom is 0.334 e. The van der Waals surface area contributed by atoms with Gasteiger partial charge in [0.25, 0.3) is 0 Å². The van der Waals surface area contributed by atoms with E-state index in [0.717, 1.165) is 18.9 Å². The van der Waals surface area contributed by atoms with Crippen LogP contribution in [-0.4, -0.2) is 22.2 Å². The first-order valence-corrected chi connectivity index (χ1v) is 4.32. The van der Waals surface area contributed by atoms with Crippen LogP contribution in [0.1, 0.15) is 32.6 Å². The smallest absolute Gasteiger partial charge is 0.334 e. The van der Waals surface area contributed by atoms with Crippen molar-refractivity contribution < 1.29 is 19.7 Å². The fourth-order valence-electron chi connectivity index (χ4n) is 0.859. The van der Waals surface area contributed by atoms with Crippen molar-refractivity contribution >= 4 is 5.97 Å². The van der Waals surface area contributed by atoms with Crippen LogP contribution in [0, 0.1) is 0 Å². The summed E-state index contributed by atoms with van der Waals surface area (Å²) < 4.78 is 4.29. The maximum atomic E-state index is 10.6. The molecular weight excluding hydrogens is 172 g/mol. The highest BCUT2D eigenvalue weighted by Gasteiger charge is 2.26. The Balaban J connectivity index is 3.78. The minimum absolute atomic E-state index is 0.0282. The van der Waals surface area contributed by atoms with Crippen LogP contribution in [-0.2, 0) is 9.53 Å². The second-order valence-electron chi connectivity index (χ2n) is 2.83. The molecule has 0 aromatic heterocycles. The summed E-state index contributed by atoms with van der Waals surface area (Å²) in [6, 6.07) is 0. The van der Waals surface area contributed by atoms with Crippen LogP contribution in [0.4, 0.5) is 0 Å². The lowest BCUT2D eigenvalue weighted by Gasteiger charge is -2.20. The fourth-order valence-corrected chi connectivity index (χ4v) is 0.859. The van der Waals surface area contributed by atoms with Gasteiger partial charge in [-0.05, 0) is 6.42 Å². The quantitative estimate of drug-likeness (QED) is 0.282. The van der Waals surface area contributed by atoms with Crippen molar-refractivity contribution in [1.29, 1.82) is 0 Å². The van der Waals surface area contributed by atoms with Crippen molar-refractivity contribution in [1.82, 2.24) is 0 Å². The SMILES string of the molecule is C=CC(=O)OC(O)(O)CCCCC. The molecule has 0 fully saturated rings. The Labute approximate surface area is 77.8 Å². The lowest BCUT2D eigenvalue weighted by Crippen LogP contribution is -2.33. The summed E-state index contributed by atoms with van der Waals surface area (Å²) in [4.78, 5) is 10.6. The van der Waals surface area contributed by atoms with Crippen molar-refractivity contribution in [3.05, 3.63) is 12.7 Å². The molecule has 0 spiro atoms. The largest absolute Gasteiger partial charge is 0.405 e. The normalized spacial score (nSPS) is 11.0. The third kappa shape index (κ3) is 6.31. The second kappa shape index (κ2) is 5.72. The van der Waals surface area contributed by atoms with Crippen LogP contribution in [0.25, 0.3) is 0 Å². The van der Waals surface area contributed by atoms with Gasteiger partial charge in [-0.25, -0.2) is 4.79 Å². The molecule has 0 aromatic carbocycles. The molecule has 0 radical (unpaired) electrons. The summed E-state index contributed by atoms with van der Waals surface area (Å²) >= 11 is 0. The zero-order valence-electron chi connectivity index (χ0n) is 7.82. The van der Waals surface area contributed by atoms with Gasteiger partial charge < -0.3 is 14.9 Å². The molecule has 0 saturated heterocycles. The molecule has 0 atom stereocenters. The van der Waals surface area contributed by atoms with E-state index in [9.17, 15) is 4.79 Å². The number of esters is 1. The predicted octanol–water partition coefficient (Wildman–Crippen LogP) is 0.934. The molecule has 4 heteroatoms. The Morgan fingerprint density at radius 1 is 1.54 bits per heavy atom. The van der Waals surface area contributed by atoms with Crippen molar-refractivity contribution in [3.63, 3.8) is 0 Å². The topological polar surface area (TPSA) is 66.8 Å². The van der Waals surface area contributed by atoms with Crippen molar-refractivity contribution in [2.24, 2.45) is 0 Å². The van der Waals surface area contributed by atoms with Crippen LogP contribution in [0.15, 0.2) is 12.7 Å². The summed E-state index contributed by atoms with van der Waals surface area (Å²) in [7, 11) is 0. The average molecular weight is 188 g/mol. The van der Waals surface area contributed by atoms with Gasteiger partial charge in [0.2, 0.25) is 0 Å². The van der Waals surface area contributed by atoms with Crippen LogP contribution in [0.3, 0.4) is 0 Å². The molecule has 0 heterocycles. The van der Waals surface area contributed by atoms with Gasteiger partial charge in [0.1, 0.15) is 0 Å². The Kier molecular flexibility index (Phi) is 5.34. The van der Waals surface area contributed by atoms with Crippen molar-refractivity contribution in [2.75, 3.05) is 0 Å². The number of rotatable bonds is 6.